The third-order valence-corrected chi connectivity index (χ3v) is 6.01. The standard InChI is InChI=1S/C17H14F2N2OS2/c1-8-9(2)23-16-14(8)17(21-7-20-16)24-10(3)15(22)11-4-5-12(18)13(19)6-11/h4-7,10H,1-3H3. The molecule has 1 aromatic carbocycles. The normalized spacial score (nSPS) is 12.5. The van der Waals surface area contributed by atoms with Gasteiger partial charge in [0.05, 0.1) is 5.25 Å². The van der Waals surface area contributed by atoms with E-state index in [0.29, 0.717) is 0 Å². The molecule has 0 aliphatic carbocycles. The van der Waals surface area contributed by atoms with E-state index in [4.69, 9.17) is 0 Å². The van der Waals surface area contributed by atoms with Gasteiger partial charge in [-0.05, 0) is 44.5 Å². The topological polar surface area (TPSA) is 42.9 Å². The van der Waals surface area contributed by atoms with Crippen molar-refractivity contribution in [3.63, 3.8) is 0 Å². The highest BCUT2D eigenvalue weighted by Gasteiger charge is 2.21. The van der Waals surface area contributed by atoms with E-state index in [1.54, 1.807) is 18.3 Å². The van der Waals surface area contributed by atoms with Crippen molar-refractivity contribution in [2.24, 2.45) is 0 Å². The van der Waals surface area contributed by atoms with Crippen molar-refractivity contribution in [3.05, 3.63) is 52.2 Å². The Labute approximate surface area is 146 Å². The van der Waals surface area contributed by atoms with Crippen LogP contribution in [0, 0.1) is 25.5 Å². The third kappa shape index (κ3) is 3.06. The fraction of sp³-hybridized carbons (Fsp3) is 0.235. The Morgan fingerprint density at radius 3 is 2.67 bits per heavy atom. The first-order valence-corrected chi connectivity index (χ1v) is 8.94. The second kappa shape index (κ2) is 6.57. The number of Topliss-reactive ketones (excluding diaryl/α,β-unsaturated/α-hetero) is 1. The summed E-state index contributed by atoms with van der Waals surface area (Å²) in [5.74, 6) is -2.25. The lowest BCUT2D eigenvalue weighted by Crippen LogP contribution is -2.14. The minimum absolute atomic E-state index is 0.150. The number of aromatic nitrogens is 2. The smallest absolute Gasteiger partial charge is 0.176 e. The van der Waals surface area contributed by atoms with Crippen LogP contribution in [0.25, 0.3) is 10.2 Å². The molecule has 124 valence electrons. The number of hydrogen-bond donors (Lipinski definition) is 0. The molecule has 0 fully saturated rings. The summed E-state index contributed by atoms with van der Waals surface area (Å²) < 4.78 is 26.4. The lowest BCUT2D eigenvalue weighted by molar-refractivity contribution is 0.0993. The van der Waals surface area contributed by atoms with Crippen molar-refractivity contribution in [1.29, 1.82) is 0 Å². The lowest BCUT2D eigenvalue weighted by atomic mass is 10.1. The molecule has 2 aromatic heterocycles. The Morgan fingerprint density at radius 1 is 1.21 bits per heavy atom. The molecular weight excluding hydrogens is 350 g/mol. The number of halogens is 2. The van der Waals surface area contributed by atoms with Crippen LogP contribution in [0.5, 0.6) is 0 Å². The highest BCUT2D eigenvalue weighted by Crippen LogP contribution is 2.36. The van der Waals surface area contributed by atoms with E-state index < -0.39 is 16.9 Å². The molecule has 24 heavy (non-hydrogen) atoms. The van der Waals surface area contributed by atoms with Gasteiger partial charge in [-0.3, -0.25) is 4.79 Å². The van der Waals surface area contributed by atoms with Crippen molar-refractivity contribution >= 4 is 39.1 Å². The maximum Gasteiger partial charge on any atom is 0.176 e. The third-order valence-electron chi connectivity index (χ3n) is 3.79. The first-order valence-electron chi connectivity index (χ1n) is 7.25. The number of thiophene rings is 1. The Balaban J connectivity index is 1.90. The molecule has 2 heterocycles. The predicted octanol–water partition coefficient (Wildman–Crippen LogP) is 4.95. The van der Waals surface area contributed by atoms with E-state index in [9.17, 15) is 13.6 Å². The van der Waals surface area contributed by atoms with Gasteiger partial charge < -0.3 is 0 Å². The van der Waals surface area contributed by atoms with Gasteiger partial charge >= 0.3 is 0 Å². The van der Waals surface area contributed by atoms with Crippen LogP contribution in [0.3, 0.4) is 0 Å². The number of carbonyl (C=O) groups is 1. The van der Waals surface area contributed by atoms with Gasteiger partial charge in [0.2, 0.25) is 0 Å². The fourth-order valence-corrected chi connectivity index (χ4v) is 4.46. The zero-order valence-corrected chi connectivity index (χ0v) is 14.9. The quantitative estimate of drug-likeness (QED) is 0.373. The lowest BCUT2D eigenvalue weighted by Gasteiger charge is -2.11. The number of carbonyl (C=O) groups excluding carboxylic acids is 1. The Bertz CT molecular complexity index is 940. The summed E-state index contributed by atoms with van der Waals surface area (Å²) in [4.78, 5) is 23.1. The van der Waals surface area contributed by atoms with Gasteiger partial charge in [-0.1, -0.05) is 11.8 Å². The van der Waals surface area contributed by atoms with Crippen LogP contribution in [0.4, 0.5) is 8.78 Å². The van der Waals surface area contributed by atoms with Gasteiger partial charge in [-0.15, -0.1) is 11.3 Å². The van der Waals surface area contributed by atoms with Crippen LogP contribution >= 0.6 is 23.1 Å². The highest BCUT2D eigenvalue weighted by molar-refractivity contribution is 8.00. The molecule has 0 saturated carbocycles. The van der Waals surface area contributed by atoms with Crippen molar-refractivity contribution in [2.45, 2.75) is 31.0 Å². The van der Waals surface area contributed by atoms with Gasteiger partial charge in [-0.2, -0.15) is 0 Å². The van der Waals surface area contributed by atoms with E-state index in [0.717, 1.165) is 37.8 Å². The van der Waals surface area contributed by atoms with Crippen molar-refractivity contribution in [1.82, 2.24) is 9.97 Å². The zero-order valence-electron chi connectivity index (χ0n) is 13.3. The predicted molar refractivity (Wildman–Crippen MR) is 92.9 cm³/mol. The van der Waals surface area contributed by atoms with Crippen LogP contribution < -0.4 is 0 Å². The summed E-state index contributed by atoms with van der Waals surface area (Å²) in [5.41, 5.74) is 1.25. The van der Waals surface area contributed by atoms with E-state index >= 15 is 0 Å². The molecule has 1 atom stereocenters. The number of ketones is 1. The number of thioether (sulfide) groups is 1. The largest absolute Gasteiger partial charge is 0.293 e. The molecule has 0 spiro atoms. The van der Waals surface area contributed by atoms with Crippen molar-refractivity contribution < 1.29 is 13.6 Å². The number of fused-ring (bicyclic) bond motifs is 1. The summed E-state index contributed by atoms with van der Waals surface area (Å²) in [5, 5.41) is 1.20. The van der Waals surface area contributed by atoms with E-state index in [1.165, 1.54) is 24.2 Å². The fourth-order valence-electron chi connectivity index (χ4n) is 2.34. The highest BCUT2D eigenvalue weighted by atomic mass is 32.2. The van der Waals surface area contributed by atoms with Crippen LogP contribution in [-0.2, 0) is 0 Å². The van der Waals surface area contributed by atoms with E-state index in [1.807, 2.05) is 13.8 Å². The molecule has 7 heteroatoms. The molecule has 3 nitrogen and oxygen atoms in total. The monoisotopic (exact) mass is 364 g/mol. The Kier molecular flexibility index (Phi) is 4.64. The van der Waals surface area contributed by atoms with Gasteiger partial charge in [0.1, 0.15) is 16.2 Å². The molecular formula is C17H14F2N2OS2. The number of benzene rings is 1. The van der Waals surface area contributed by atoms with Crippen LogP contribution in [0.1, 0.15) is 27.7 Å². The molecule has 3 aromatic rings. The maximum absolute atomic E-state index is 13.3. The van der Waals surface area contributed by atoms with Gasteiger partial charge in [0.15, 0.2) is 17.4 Å². The summed E-state index contributed by atoms with van der Waals surface area (Å²) in [7, 11) is 0. The van der Waals surface area contributed by atoms with Crippen LogP contribution in [0.15, 0.2) is 29.6 Å². The summed E-state index contributed by atoms with van der Waals surface area (Å²) in [6, 6.07) is 3.20. The van der Waals surface area contributed by atoms with Crippen molar-refractivity contribution in [2.75, 3.05) is 0 Å². The molecule has 0 aliphatic heterocycles. The molecule has 0 saturated heterocycles. The molecule has 3 rings (SSSR count). The van der Waals surface area contributed by atoms with Gasteiger partial charge in [0, 0.05) is 15.8 Å². The molecule has 0 radical (unpaired) electrons. The number of hydrogen-bond acceptors (Lipinski definition) is 5. The van der Waals surface area contributed by atoms with Gasteiger partial charge in [-0.25, -0.2) is 18.7 Å². The Hall–Kier alpha value is -1.86. The first-order chi connectivity index (χ1) is 11.4. The average molecular weight is 364 g/mol. The molecule has 0 amide bonds. The zero-order chi connectivity index (χ0) is 17.4. The minimum atomic E-state index is -1.02. The van der Waals surface area contributed by atoms with Crippen LogP contribution in [0.2, 0.25) is 0 Å². The number of aryl methyl sites for hydroxylation is 2. The molecule has 1 unspecified atom stereocenters. The first kappa shape index (κ1) is 17.0. The van der Waals surface area contributed by atoms with Crippen molar-refractivity contribution in [3.8, 4) is 0 Å². The second-order valence-corrected chi connectivity index (χ2v) is 7.93. The Morgan fingerprint density at radius 2 is 1.96 bits per heavy atom. The summed E-state index contributed by atoms with van der Waals surface area (Å²) in [6.45, 7) is 5.76. The average Bonchev–Trinajstić information content (AvgIpc) is 2.85. The SMILES string of the molecule is Cc1sc2ncnc(SC(C)C(=O)c3ccc(F)c(F)c3)c2c1C. The number of nitrogens with zero attached hydrogens (tertiary/aromatic N) is 2. The number of rotatable bonds is 4. The van der Waals surface area contributed by atoms with E-state index in [-0.39, 0.29) is 11.3 Å². The summed E-state index contributed by atoms with van der Waals surface area (Å²) >= 11 is 2.89. The molecule has 0 aliphatic rings. The van der Waals surface area contributed by atoms with Gasteiger partial charge in [0.25, 0.3) is 0 Å². The molecule has 0 bridgehead atoms. The minimum Gasteiger partial charge on any atom is -0.293 e. The second-order valence-electron chi connectivity index (χ2n) is 5.40. The summed E-state index contributed by atoms with van der Waals surface area (Å²) in [6.07, 6.45) is 1.48. The van der Waals surface area contributed by atoms with Crippen LogP contribution in [-0.4, -0.2) is 21.0 Å². The van der Waals surface area contributed by atoms with E-state index in [2.05, 4.69) is 9.97 Å². The molecule has 0 N–H and O–H groups in total. The maximum atomic E-state index is 13.3.